The molecule has 0 radical (unpaired) electrons. The van der Waals surface area contributed by atoms with Crippen molar-refractivity contribution in [2.75, 3.05) is 13.2 Å². The first-order valence-electron chi connectivity index (χ1n) is 14.0. The van der Waals surface area contributed by atoms with Gasteiger partial charge in [-0.05, 0) is 67.0 Å². The SMILES string of the molecule is O=C(OCCC[C@@H](Cc1ccccc1)[C@@H](COC(=O)c1cc(O)c(O)c(O)c1)Cc1ccccc1)c1cc(O)c(O)c(O)c1. The number of carbonyl (C=O) groups is 2. The van der Waals surface area contributed by atoms with Gasteiger partial charge < -0.3 is 40.1 Å². The maximum absolute atomic E-state index is 12.9. The van der Waals surface area contributed by atoms with E-state index >= 15 is 0 Å². The van der Waals surface area contributed by atoms with Crippen LogP contribution < -0.4 is 0 Å². The second-order valence-corrected chi connectivity index (χ2v) is 10.5. The molecule has 0 aliphatic heterocycles. The fourth-order valence-corrected chi connectivity index (χ4v) is 5.00. The molecule has 44 heavy (non-hydrogen) atoms. The van der Waals surface area contributed by atoms with Crippen molar-refractivity contribution in [3.05, 3.63) is 107 Å². The predicted molar refractivity (Wildman–Crippen MR) is 160 cm³/mol. The molecule has 10 nitrogen and oxygen atoms in total. The van der Waals surface area contributed by atoms with Crippen LogP contribution in [0.15, 0.2) is 84.9 Å². The highest BCUT2D eigenvalue weighted by molar-refractivity contribution is 5.91. The normalized spacial score (nSPS) is 12.3. The summed E-state index contributed by atoms with van der Waals surface area (Å²) in [7, 11) is 0. The van der Waals surface area contributed by atoms with Crippen molar-refractivity contribution < 1.29 is 49.7 Å². The molecule has 0 aliphatic rings. The number of carbonyl (C=O) groups excluding carboxylic acids is 2. The van der Waals surface area contributed by atoms with Gasteiger partial charge in [-0.3, -0.25) is 0 Å². The van der Waals surface area contributed by atoms with Crippen molar-refractivity contribution in [3.63, 3.8) is 0 Å². The summed E-state index contributed by atoms with van der Waals surface area (Å²) in [5, 5.41) is 58.2. The number of benzene rings is 4. The van der Waals surface area contributed by atoms with Crippen LogP contribution in [0.5, 0.6) is 34.5 Å². The van der Waals surface area contributed by atoms with Gasteiger partial charge in [0.25, 0.3) is 0 Å². The lowest BCUT2D eigenvalue weighted by atomic mass is 9.80. The lowest BCUT2D eigenvalue weighted by Gasteiger charge is -2.28. The summed E-state index contributed by atoms with van der Waals surface area (Å²) in [5.74, 6) is -5.80. The number of aromatic hydroxyl groups is 6. The van der Waals surface area contributed by atoms with Gasteiger partial charge in [0.05, 0.1) is 24.3 Å². The Kier molecular flexibility index (Phi) is 10.5. The first-order valence-corrected chi connectivity index (χ1v) is 14.0. The summed E-state index contributed by atoms with van der Waals surface area (Å²) < 4.78 is 11.0. The highest BCUT2D eigenvalue weighted by Crippen LogP contribution is 2.37. The molecule has 0 saturated heterocycles. The number of phenolic OH excluding ortho intramolecular Hbond substituents is 6. The molecule has 4 rings (SSSR count). The summed E-state index contributed by atoms with van der Waals surface area (Å²) in [6.07, 6.45) is 2.26. The Labute approximate surface area is 254 Å². The third-order valence-electron chi connectivity index (χ3n) is 7.34. The Morgan fingerprint density at radius 3 is 1.43 bits per heavy atom. The van der Waals surface area contributed by atoms with E-state index in [4.69, 9.17) is 9.47 Å². The van der Waals surface area contributed by atoms with Gasteiger partial charge in [-0.15, -0.1) is 0 Å². The number of esters is 2. The Balaban J connectivity index is 1.49. The average Bonchev–Trinajstić information content (AvgIpc) is 3.02. The van der Waals surface area contributed by atoms with Crippen molar-refractivity contribution >= 4 is 11.9 Å². The fourth-order valence-electron chi connectivity index (χ4n) is 5.00. The van der Waals surface area contributed by atoms with Crippen LogP contribution in [0, 0.1) is 11.8 Å². The summed E-state index contributed by atoms with van der Waals surface area (Å²) in [6.45, 7) is 0.0515. The van der Waals surface area contributed by atoms with Crippen molar-refractivity contribution in [3.8, 4) is 34.5 Å². The Morgan fingerprint density at radius 1 is 0.568 bits per heavy atom. The standard InChI is InChI=1S/C34H34O10/c35-27-16-24(17-28(36)31(27)39)33(41)43-13-7-12-23(14-21-8-3-1-4-9-21)26(15-22-10-5-2-6-11-22)20-44-34(42)25-18-29(37)32(40)30(38)19-25/h1-6,8-11,16-19,23,26,35-40H,7,12-15,20H2/t23-,26+/m0/s1. The number of rotatable bonds is 13. The first-order chi connectivity index (χ1) is 21.1. The largest absolute Gasteiger partial charge is 0.504 e. The third-order valence-corrected chi connectivity index (χ3v) is 7.34. The second kappa shape index (κ2) is 14.7. The van der Waals surface area contributed by atoms with Gasteiger partial charge in [0, 0.05) is 5.92 Å². The van der Waals surface area contributed by atoms with E-state index in [0.717, 1.165) is 35.4 Å². The monoisotopic (exact) mass is 602 g/mol. The van der Waals surface area contributed by atoms with Gasteiger partial charge in [-0.25, -0.2) is 9.59 Å². The van der Waals surface area contributed by atoms with Crippen LogP contribution in [0.2, 0.25) is 0 Å². The van der Waals surface area contributed by atoms with E-state index in [-0.39, 0.29) is 36.2 Å². The zero-order valence-corrected chi connectivity index (χ0v) is 23.8. The van der Waals surface area contributed by atoms with Crippen molar-refractivity contribution in [2.24, 2.45) is 11.8 Å². The fraction of sp³-hybridized carbons (Fsp3) is 0.235. The molecule has 4 aromatic carbocycles. The van der Waals surface area contributed by atoms with Gasteiger partial charge in [-0.1, -0.05) is 60.7 Å². The summed E-state index contributed by atoms with van der Waals surface area (Å²) in [4.78, 5) is 25.4. The smallest absolute Gasteiger partial charge is 0.338 e. The minimum atomic E-state index is -0.776. The van der Waals surface area contributed by atoms with Gasteiger partial charge in [0.2, 0.25) is 0 Å². The molecule has 0 unspecified atom stereocenters. The topological polar surface area (TPSA) is 174 Å². The lowest BCUT2D eigenvalue weighted by Crippen LogP contribution is -2.26. The number of phenols is 6. The van der Waals surface area contributed by atoms with E-state index in [1.807, 2.05) is 60.7 Å². The molecule has 230 valence electrons. The molecule has 2 atom stereocenters. The van der Waals surface area contributed by atoms with E-state index in [2.05, 4.69) is 0 Å². The van der Waals surface area contributed by atoms with Crippen LogP contribution in [0.1, 0.15) is 44.7 Å². The van der Waals surface area contributed by atoms with Crippen LogP contribution in [-0.4, -0.2) is 55.8 Å². The Morgan fingerprint density at radius 2 is 0.977 bits per heavy atom. The van der Waals surface area contributed by atoms with Crippen LogP contribution in [0.25, 0.3) is 0 Å². The zero-order valence-electron chi connectivity index (χ0n) is 23.8. The number of ether oxygens (including phenoxy) is 2. The molecular formula is C34H34O10. The molecule has 4 aromatic rings. The van der Waals surface area contributed by atoms with Gasteiger partial charge in [0.15, 0.2) is 34.5 Å². The molecule has 0 amide bonds. The molecule has 6 N–H and O–H groups in total. The third kappa shape index (κ3) is 8.34. The van der Waals surface area contributed by atoms with E-state index < -0.39 is 46.4 Å². The molecule has 0 bridgehead atoms. The molecular weight excluding hydrogens is 568 g/mol. The number of hydrogen-bond donors (Lipinski definition) is 6. The minimum absolute atomic E-state index is 0.0134. The summed E-state index contributed by atoms with van der Waals surface area (Å²) >= 11 is 0. The Hall–Kier alpha value is -5.38. The van der Waals surface area contributed by atoms with Crippen LogP contribution in [0.3, 0.4) is 0 Å². The lowest BCUT2D eigenvalue weighted by molar-refractivity contribution is 0.0361. The van der Waals surface area contributed by atoms with Crippen molar-refractivity contribution in [2.45, 2.75) is 25.7 Å². The molecule has 0 fully saturated rings. The zero-order chi connectivity index (χ0) is 31.6. The molecule has 10 heteroatoms. The van der Waals surface area contributed by atoms with Crippen LogP contribution in [-0.2, 0) is 22.3 Å². The predicted octanol–water partition coefficient (Wildman–Crippen LogP) is 5.43. The first kappa shape index (κ1) is 31.6. The van der Waals surface area contributed by atoms with E-state index in [0.29, 0.717) is 25.7 Å². The molecule has 0 aliphatic carbocycles. The van der Waals surface area contributed by atoms with Gasteiger partial charge in [-0.2, -0.15) is 0 Å². The minimum Gasteiger partial charge on any atom is -0.504 e. The highest BCUT2D eigenvalue weighted by atomic mass is 16.5. The van der Waals surface area contributed by atoms with E-state index in [1.54, 1.807) is 0 Å². The van der Waals surface area contributed by atoms with E-state index in [9.17, 15) is 40.2 Å². The quantitative estimate of drug-likeness (QED) is 0.0658. The maximum Gasteiger partial charge on any atom is 0.338 e. The number of hydrogen-bond acceptors (Lipinski definition) is 10. The average molecular weight is 603 g/mol. The van der Waals surface area contributed by atoms with Crippen molar-refractivity contribution in [1.29, 1.82) is 0 Å². The second-order valence-electron chi connectivity index (χ2n) is 10.5. The molecule has 0 heterocycles. The molecule has 0 spiro atoms. The Bertz CT molecular complexity index is 1520. The molecule has 0 aromatic heterocycles. The van der Waals surface area contributed by atoms with Gasteiger partial charge >= 0.3 is 11.9 Å². The van der Waals surface area contributed by atoms with Crippen molar-refractivity contribution in [1.82, 2.24) is 0 Å². The van der Waals surface area contributed by atoms with Crippen LogP contribution in [0.4, 0.5) is 0 Å². The summed E-state index contributed by atoms with van der Waals surface area (Å²) in [5.41, 5.74) is 1.88. The maximum atomic E-state index is 12.9. The highest BCUT2D eigenvalue weighted by Gasteiger charge is 2.25. The molecule has 0 saturated carbocycles. The van der Waals surface area contributed by atoms with E-state index in [1.165, 1.54) is 0 Å². The van der Waals surface area contributed by atoms with Crippen LogP contribution >= 0.6 is 0 Å². The van der Waals surface area contributed by atoms with Gasteiger partial charge in [0.1, 0.15) is 0 Å². The summed E-state index contributed by atoms with van der Waals surface area (Å²) in [6, 6.07) is 23.6.